The van der Waals surface area contributed by atoms with E-state index in [1.54, 1.807) is 16.3 Å². The highest BCUT2D eigenvalue weighted by Gasteiger charge is 2.51. The lowest BCUT2D eigenvalue weighted by Crippen LogP contribution is -2.31. The molecule has 2 aromatic carbocycles. The van der Waals surface area contributed by atoms with Crippen molar-refractivity contribution in [3.05, 3.63) is 70.2 Å². The number of aromatic nitrogens is 1. The van der Waals surface area contributed by atoms with Gasteiger partial charge in [-0.3, -0.25) is 4.79 Å². The molecule has 5 nitrogen and oxygen atoms in total. The van der Waals surface area contributed by atoms with Gasteiger partial charge in [0.15, 0.2) is 9.84 Å². The molecule has 1 amide bonds. The fourth-order valence-corrected chi connectivity index (χ4v) is 7.00. The Labute approximate surface area is 167 Å². The van der Waals surface area contributed by atoms with Gasteiger partial charge in [0.2, 0.25) is 0 Å². The predicted molar refractivity (Wildman–Crippen MR) is 108 cm³/mol. The van der Waals surface area contributed by atoms with Crippen molar-refractivity contribution in [2.24, 2.45) is 0 Å². The Kier molecular flexibility index (Phi) is 3.93. The molecule has 0 unspecified atom stereocenters. The number of carbonyl (C=O) groups is 1. The average molecular weight is 411 g/mol. The van der Waals surface area contributed by atoms with Crippen molar-refractivity contribution in [1.29, 1.82) is 0 Å². The van der Waals surface area contributed by atoms with Crippen LogP contribution in [0.5, 0.6) is 0 Å². The number of rotatable bonds is 2. The van der Waals surface area contributed by atoms with E-state index in [0.717, 1.165) is 21.7 Å². The summed E-state index contributed by atoms with van der Waals surface area (Å²) in [5.74, 6) is -0.373. The molecule has 3 aromatic rings. The first-order valence-corrected chi connectivity index (χ1v) is 11.5. The number of likely N-dealkylation sites (tertiary alicyclic amines) is 1. The third-order valence-corrected chi connectivity index (χ3v) is 8.65. The number of carbonyl (C=O) groups excluding carboxylic acids is 1. The number of benzene rings is 2. The van der Waals surface area contributed by atoms with E-state index >= 15 is 0 Å². The predicted octanol–water partition coefficient (Wildman–Crippen LogP) is 3.51. The average Bonchev–Trinajstić information content (AvgIpc) is 3.38. The standard InChI is InChI=1S/C21H18N2O3S2/c1-13-22-18(12-27-13)21(24)23-10-17-16-9-15(14-5-3-2-4-6-14)7-8-19(16)28(25,26)20(17)11-23/h2-9,12,17,20H,10-11H2,1H3/t17-,20-/m0/s1. The molecular formula is C21H18N2O3S2. The van der Waals surface area contributed by atoms with Crippen molar-refractivity contribution < 1.29 is 13.2 Å². The first-order valence-electron chi connectivity index (χ1n) is 9.10. The van der Waals surface area contributed by atoms with E-state index in [0.29, 0.717) is 17.1 Å². The lowest BCUT2D eigenvalue weighted by atomic mass is 9.94. The van der Waals surface area contributed by atoms with Crippen LogP contribution in [0.15, 0.2) is 58.8 Å². The molecule has 2 atom stereocenters. The SMILES string of the molecule is Cc1nc(C(=O)N2C[C@H]3c4cc(-c5ccccc5)ccc4S(=O)(=O)[C@H]3C2)cs1. The van der Waals surface area contributed by atoms with Gasteiger partial charge in [0.1, 0.15) is 5.69 Å². The Morgan fingerprint density at radius 1 is 1.11 bits per heavy atom. The Morgan fingerprint density at radius 2 is 1.89 bits per heavy atom. The van der Waals surface area contributed by atoms with E-state index in [1.165, 1.54) is 11.3 Å². The highest BCUT2D eigenvalue weighted by atomic mass is 32.2. The summed E-state index contributed by atoms with van der Waals surface area (Å²) in [6.07, 6.45) is 0. The molecule has 0 spiro atoms. The van der Waals surface area contributed by atoms with Gasteiger partial charge < -0.3 is 4.90 Å². The van der Waals surface area contributed by atoms with E-state index in [4.69, 9.17) is 0 Å². The van der Waals surface area contributed by atoms with Gasteiger partial charge in [-0.25, -0.2) is 13.4 Å². The molecule has 7 heteroatoms. The molecule has 0 radical (unpaired) electrons. The van der Waals surface area contributed by atoms with Gasteiger partial charge in [-0.05, 0) is 35.7 Å². The van der Waals surface area contributed by atoms with Crippen LogP contribution < -0.4 is 0 Å². The summed E-state index contributed by atoms with van der Waals surface area (Å²) in [6, 6.07) is 15.5. The van der Waals surface area contributed by atoms with Gasteiger partial charge in [-0.1, -0.05) is 36.4 Å². The maximum absolute atomic E-state index is 13.1. The molecule has 2 aliphatic rings. The summed E-state index contributed by atoms with van der Waals surface area (Å²) in [7, 11) is -3.44. The summed E-state index contributed by atoms with van der Waals surface area (Å²) in [6.45, 7) is 2.48. The van der Waals surface area contributed by atoms with Crippen molar-refractivity contribution >= 4 is 27.1 Å². The van der Waals surface area contributed by atoms with E-state index < -0.39 is 15.1 Å². The molecule has 2 aliphatic heterocycles. The third-order valence-electron chi connectivity index (χ3n) is 5.61. The van der Waals surface area contributed by atoms with Crippen LogP contribution in [0.2, 0.25) is 0 Å². The minimum absolute atomic E-state index is 0.185. The number of aryl methyl sites for hydroxylation is 1. The van der Waals surface area contributed by atoms with Crippen LogP contribution in [0, 0.1) is 6.92 Å². The molecule has 0 saturated carbocycles. The smallest absolute Gasteiger partial charge is 0.273 e. The minimum atomic E-state index is -3.44. The molecule has 0 aliphatic carbocycles. The second kappa shape index (κ2) is 6.25. The molecule has 1 saturated heterocycles. The zero-order valence-corrected chi connectivity index (χ0v) is 16.8. The van der Waals surface area contributed by atoms with E-state index in [1.807, 2.05) is 49.4 Å². The maximum atomic E-state index is 13.1. The van der Waals surface area contributed by atoms with E-state index in [-0.39, 0.29) is 18.4 Å². The van der Waals surface area contributed by atoms with Crippen LogP contribution in [0.4, 0.5) is 0 Å². The van der Waals surface area contributed by atoms with Crippen molar-refractivity contribution in [3.63, 3.8) is 0 Å². The van der Waals surface area contributed by atoms with Crippen molar-refractivity contribution in [2.75, 3.05) is 13.1 Å². The molecule has 1 fully saturated rings. The van der Waals surface area contributed by atoms with Gasteiger partial charge in [0, 0.05) is 24.4 Å². The Balaban J connectivity index is 1.52. The number of hydrogen-bond acceptors (Lipinski definition) is 5. The summed E-state index contributed by atoms with van der Waals surface area (Å²) in [4.78, 5) is 19.1. The van der Waals surface area contributed by atoms with Gasteiger partial charge >= 0.3 is 0 Å². The molecule has 28 heavy (non-hydrogen) atoms. The van der Waals surface area contributed by atoms with Crippen LogP contribution in [0.3, 0.4) is 0 Å². The fraction of sp³-hybridized carbons (Fsp3) is 0.238. The summed E-state index contributed by atoms with van der Waals surface area (Å²) < 4.78 is 26.1. The van der Waals surface area contributed by atoms with Gasteiger partial charge in [0.25, 0.3) is 5.91 Å². The largest absolute Gasteiger partial charge is 0.335 e. The zero-order valence-electron chi connectivity index (χ0n) is 15.2. The van der Waals surface area contributed by atoms with Crippen molar-refractivity contribution in [2.45, 2.75) is 23.0 Å². The van der Waals surface area contributed by atoms with Crippen LogP contribution in [0.25, 0.3) is 11.1 Å². The first kappa shape index (κ1) is 17.6. The number of thiazole rings is 1. The lowest BCUT2D eigenvalue weighted by molar-refractivity contribution is 0.0785. The lowest BCUT2D eigenvalue weighted by Gasteiger charge is -2.17. The summed E-state index contributed by atoms with van der Waals surface area (Å²) in [5, 5.41) is 1.99. The number of nitrogens with zero attached hydrogens (tertiary/aromatic N) is 2. The van der Waals surface area contributed by atoms with Gasteiger partial charge in [-0.2, -0.15) is 0 Å². The number of amides is 1. The number of fused-ring (bicyclic) bond motifs is 3. The third kappa shape index (κ3) is 2.61. The molecule has 1 aromatic heterocycles. The zero-order chi connectivity index (χ0) is 19.5. The number of sulfone groups is 1. The van der Waals surface area contributed by atoms with Crippen LogP contribution in [-0.2, 0) is 9.84 Å². The fourth-order valence-electron chi connectivity index (χ4n) is 4.25. The van der Waals surface area contributed by atoms with E-state index in [9.17, 15) is 13.2 Å². The van der Waals surface area contributed by atoms with Crippen LogP contribution >= 0.6 is 11.3 Å². The Hall–Kier alpha value is -2.51. The highest BCUT2D eigenvalue weighted by Crippen LogP contribution is 2.46. The van der Waals surface area contributed by atoms with Crippen LogP contribution in [-0.4, -0.2) is 42.5 Å². The van der Waals surface area contributed by atoms with E-state index in [2.05, 4.69) is 4.98 Å². The summed E-state index contributed by atoms with van der Waals surface area (Å²) >= 11 is 1.42. The summed E-state index contributed by atoms with van der Waals surface area (Å²) in [5.41, 5.74) is 3.28. The van der Waals surface area contributed by atoms with Gasteiger partial charge in [-0.15, -0.1) is 11.3 Å². The second-order valence-corrected chi connectivity index (χ2v) is 10.5. The molecule has 5 rings (SSSR count). The maximum Gasteiger partial charge on any atom is 0.273 e. The van der Waals surface area contributed by atoms with Crippen LogP contribution in [0.1, 0.15) is 27.0 Å². The Bertz CT molecular complexity index is 1190. The molecule has 3 heterocycles. The number of hydrogen-bond donors (Lipinski definition) is 0. The highest BCUT2D eigenvalue weighted by molar-refractivity contribution is 7.92. The Morgan fingerprint density at radius 3 is 2.61 bits per heavy atom. The van der Waals surface area contributed by atoms with Gasteiger partial charge in [0.05, 0.1) is 15.2 Å². The topological polar surface area (TPSA) is 67.3 Å². The molecular weight excluding hydrogens is 392 g/mol. The normalized spacial score (nSPS) is 22.1. The monoisotopic (exact) mass is 410 g/mol. The quantitative estimate of drug-likeness (QED) is 0.648. The molecule has 0 N–H and O–H groups in total. The second-order valence-electron chi connectivity index (χ2n) is 7.27. The molecule has 0 bridgehead atoms. The minimum Gasteiger partial charge on any atom is -0.335 e. The first-order chi connectivity index (χ1) is 13.4. The van der Waals surface area contributed by atoms with Crippen molar-refractivity contribution in [3.8, 4) is 11.1 Å². The van der Waals surface area contributed by atoms with Crippen molar-refractivity contribution in [1.82, 2.24) is 9.88 Å². The molecule has 142 valence electrons.